The van der Waals surface area contributed by atoms with Crippen LogP contribution in [-0.4, -0.2) is 31.1 Å². The van der Waals surface area contributed by atoms with Crippen molar-refractivity contribution >= 4 is 28.3 Å². The van der Waals surface area contributed by atoms with Crippen LogP contribution in [0.15, 0.2) is 46.9 Å². The van der Waals surface area contributed by atoms with Crippen LogP contribution in [0.25, 0.3) is 0 Å². The van der Waals surface area contributed by atoms with E-state index < -0.39 is 0 Å². The van der Waals surface area contributed by atoms with Crippen molar-refractivity contribution in [3.63, 3.8) is 0 Å². The number of rotatable bonds is 3. The summed E-state index contributed by atoms with van der Waals surface area (Å²) in [5, 5.41) is 9.16. The van der Waals surface area contributed by atoms with Crippen LogP contribution >= 0.6 is 28.3 Å². The van der Waals surface area contributed by atoms with Gasteiger partial charge in [0.25, 0.3) is 0 Å². The van der Waals surface area contributed by atoms with Crippen LogP contribution in [0.3, 0.4) is 0 Å². The van der Waals surface area contributed by atoms with E-state index in [1.165, 1.54) is 11.1 Å². The van der Waals surface area contributed by atoms with E-state index in [2.05, 4.69) is 51.2 Å². The van der Waals surface area contributed by atoms with Crippen molar-refractivity contribution in [2.45, 2.75) is 12.3 Å². The number of nitrogens with zero attached hydrogens (tertiary/aromatic N) is 2. The predicted molar refractivity (Wildman–Crippen MR) is 104 cm³/mol. The smallest absolute Gasteiger partial charge is 0.122 e. The van der Waals surface area contributed by atoms with Crippen LogP contribution in [0.2, 0.25) is 0 Å². The lowest BCUT2D eigenvalue weighted by Gasteiger charge is -2.27. The van der Waals surface area contributed by atoms with E-state index in [4.69, 9.17) is 10.00 Å². The molecule has 0 aromatic heterocycles. The Morgan fingerprint density at radius 2 is 1.96 bits per heavy atom. The summed E-state index contributed by atoms with van der Waals surface area (Å²) in [6.45, 7) is 4.00. The fourth-order valence-corrected chi connectivity index (χ4v) is 4.10. The molecule has 4 rings (SSSR count). The van der Waals surface area contributed by atoms with Crippen LogP contribution < -0.4 is 4.74 Å². The summed E-state index contributed by atoms with van der Waals surface area (Å²) in [5.41, 5.74) is 3.32. The molecule has 1 saturated heterocycles. The van der Waals surface area contributed by atoms with Crippen LogP contribution in [0, 0.1) is 17.2 Å². The summed E-state index contributed by atoms with van der Waals surface area (Å²) in [4.78, 5) is 2.54. The number of nitriles is 1. The van der Waals surface area contributed by atoms with Gasteiger partial charge >= 0.3 is 0 Å². The van der Waals surface area contributed by atoms with Gasteiger partial charge in [0.2, 0.25) is 0 Å². The van der Waals surface area contributed by atoms with E-state index in [1.807, 2.05) is 18.2 Å². The van der Waals surface area contributed by atoms with Gasteiger partial charge in [0.05, 0.1) is 18.2 Å². The van der Waals surface area contributed by atoms with Crippen LogP contribution in [-0.2, 0) is 6.42 Å². The molecular weight excluding hydrogens is 400 g/mol. The molecule has 0 bridgehead atoms. The normalized spacial score (nSPS) is 21.4. The third kappa shape index (κ3) is 3.84. The average Bonchev–Trinajstić information content (AvgIpc) is 3.04. The minimum Gasteiger partial charge on any atom is -0.493 e. The molecule has 2 aromatic rings. The number of fused-ring (bicyclic) bond motifs is 3. The number of hydrogen-bond donors (Lipinski definition) is 0. The van der Waals surface area contributed by atoms with Gasteiger partial charge in [0.1, 0.15) is 5.75 Å². The maximum atomic E-state index is 9.16. The zero-order valence-corrected chi connectivity index (χ0v) is 16.2. The summed E-state index contributed by atoms with van der Waals surface area (Å²) < 4.78 is 7.05. The van der Waals surface area contributed by atoms with Crippen molar-refractivity contribution in [1.82, 2.24) is 4.90 Å². The Morgan fingerprint density at radius 1 is 1.16 bits per heavy atom. The molecule has 2 aliphatic rings. The topological polar surface area (TPSA) is 36.3 Å². The van der Waals surface area contributed by atoms with E-state index in [1.54, 1.807) is 0 Å². The Kier molecular flexibility index (Phi) is 5.68. The van der Waals surface area contributed by atoms with E-state index in [0.717, 1.165) is 48.4 Å². The predicted octanol–water partition coefficient (Wildman–Crippen LogP) is 4.39. The highest BCUT2D eigenvalue weighted by Crippen LogP contribution is 2.41. The minimum atomic E-state index is 0. The lowest BCUT2D eigenvalue weighted by molar-refractivity contribution is 0.213. The van der Waals surface area contributed by atoms with Gasteiger partial charge in [-0.2, -0.15) is 5.26 Å². The molecule has 3 nitrogen and oxygen atoms in total. The van der Waals surface area contributed by atoms with Gasteiger partial charge in [-0.05, 0) is 42.3 Å². The summed E-state index contributed by atoms with van der Waals surface area (Å²) >= 11 is 3.48. The van der Waals surface area contributed by atoms with Crippen molar-refractivity contribution in [2.24, 2.45) is 5.92 Å². The molecule has 1 fully saturated rings. The van der Waals surface area contributed by atoms with E-state index in [0.29, 0.717) is 11.8 Å². The van der Waals surface area contributed by atoms with E-state index in [-0.39, 0.29) is 12.4 Å². The van der Waals surface area contributed by atoms with E-state index in [9.17, 15) is 0 Å². The molecule has 5 heteroatoms. The first-order valence-corrected chi connectivity index (χ1v) is 9.16. The highest BCUT2D eigenvalue weighted by Gasteiger charge is 2.38. The van der Waals surface area contributed by atoms with Gasteiger partial charge < -0.3 is 9.64 Å². The summed E-state index contributed by atoms with van der Waals surface area (Å²) in [6, 6.07) is 16.6. The Morgan fingerprint density at radius 3 is 2.72 bits per heavy atom. The van der Waals surface area contributed by atoms with Gasteiger partial charge in [0, 0.05) is 41.5 Å². The third-order valence-corrected chi connectivity index (χ3v) is 5.67. The Bertz CT molecular complexity index is 787. The molecule has 25 heavy (non-hydrogen) atoms. The third-order valence-electron chi connectivity index (χ3n) is 5.14. The Hall–Kier alpha value is -1.54. The maximum absolute atomic E-state index is 9.16. The number of likely N-dealkylation sites (tertiary alicyclic amines) is 1. The van der Waals surface area contributed by atoms with Gasteiger partial charge in [-0.1, -0.05) is 28.1 Å². The molecule has 2 aromatic carbocycles. The van der Waals surface area contributed by atoms with Crippen molar-refractivity contribution in [3.8, 4) is 11.8 Å². The molecule has 2 heterocycles. The van der Waals surface area contributed by atoms with Crippen LogP contribution in [0.1, 0.15) is 22.6 Å². The molecule has 2 atom stereocenters. The van der Waals surface area contributed by atoms with E-state index >= 15 is 0 Å². The summed E-state index contributed by atoms with van der Waals surface area (Å²) in [5.74, 6) is 1.99. The lowest BCUT2D eigenvalue weighted by Crippen LogP contribution is -2.25. The quantitative estimate of drug-likeness (QED) is 0.740. The number of hydrogen-bond acceptors (Lipinski definition) is 3. The average molecular weight is 420 g/mol. The number of ether oxygens (including phenoxy) is 1. The molecule has 130 valence electrons. The van der Waals surface area contributed by atoms with Crippen LogP contribution in [0.5, 0.6) is 5.75 Å². The van der Waals surface area contributed by atoms with Gasteiger partial charge in [-0.15, -0.1) is 12.4 Å². The zero-order chi connectivity index (χ0) is 16.5. The second-order valence-electron chi connectivity index (χ2n) is 6.68. The van der Waals surface area contributed by atoms with Gasteiger partial charge in [-0.3, -0.25) is 0 Å². The standard InChI is InChI=1S/C20H19BrN2O.ClH/c21-17-4-1-14(2-5-17)7-8-23-11-16-13-24-20-6-3-15(10-22)9-18(20)19(16)12-23;/h1-6,9,16,19H,7-8,11-13H2;1H/t16-,19+;/m1./s1. The number of halogens is 2. The largest absolute Gasteiger partial charge is 0.493 e. The summed E-state index contributed by atoms with van der Waals surface area (Å²) in [6.07, 6.45) is 1.07. The fraction of sp³-hybridized carbons (Fsp3) is 0.350. The first-order valence-electron chi connectivity index (χ1n) is 8.36. The van der Waals surface area contributed by atoms with Gasteiger partial charge in [0.15, 0.2) is 0 Å². The van der Waals surface area contributed by atoms with Crippen LogP contribution in [0.4, 0.5) is 0 Å². The van der Waals surface area contributed by atoms with Gasteiger partial charge in [-0.25, -0.2) is 0 Å². The molecule has 0 unspecified atom stereocenters. The summed E-state index contributed by atoms with van der Waals surface area (Å²) in [7, 11) is 0. The SMILES string of the molecule is Cl.N#Cc1ccc2c(c1)[C@H]1CN(CCc3ccc(Br)cc3)C[C@@H]1CO2. The minimum absolute atomic E-state index is 0. The molecular formula is C20H20BrClN2O. The molecule has 2 aliphatic heterocycles. The molecule has 0 amide bonds. The lowest BCUT2D eigenvalue weighted by atomic mass is 9.86. The monoisotopic (exact) mass is 418 g/mol. The number of benzene rings is 2. The van der Waals surface area contributed by atoms with Crippen molar-refractivity contribution < 1.29 is 4.74 Å². The zero-order valence-electron chi connectivity index (χ0n) is 13.8. The van der Waals surface area contributed by atoms with Crippen molar-refractivity contribution in [3.05, 3.63) is 63.6 Å². The first kappa shape index (κ1) is 18.3. The molecule has 0 radical (unpaired) electrons. The second kappa shape index (κ2) is 7.78. The maximum Gasteiger partial charge on any atom is 0.122 e. The second-order valence-corrected chi connectivity index (χ2v) is 7.59. The molecule has 0 saturated carbocycles. The molecule has 0 spiro atoms. The Balaban J connectivity index is 0.00000182. The van der Waals surface area contributed by atoms with Crippen molar-refractivity contribution in [2.75, 3.05) is 26.2 Å². The molecule has 0 aliphatic carbocycles. The highest BCUT2D eigenvalue weighted by molar-refractivity contribution is 9.10. The first-order chi connectivity index (χ1) is 11.7. The highest BCUT2D eigenvalue weighted by atomic mass is 79.9. The van der Waals surface area contributed by atoms with Crippen molar-refractivity contribution in [1.29, 1.82) is 5.26 Å². The Labute approximate surface area is 163 Å². The fourth-order valence-electron chi connectivity index (χ4n) is 3.84. The molecule has 0 N–H and O–H groups in total.